The number of para-hydroxylation sites is 5. The van der Waals surface area contributed by atoms with Gasteiger partial charge >= 0.3 is 0 Å². The molecule has 16 rings (SSSR count). The van der Waals surface area contributed by atoms with Gasteiger partial charge in [-0.15, -0.1) is 0 Å². The van der Waals surface area contributed by atoms with Crippen LogP contribution in [0, 0.1) is 0 Å². The molecule has 86 heavy (non-hydrogen) atoms. The van der Waals surface area contributed by atoms with Crippen LogP contribution in [0.25, 0.3) is 83.3 Å². The minimum absolute atomic E-state index is 0.225. The van der Waals surface area contributed by atoms with Gasteiger partial charge in [-0.25, -0.2) is 9.97 Å². The molecule has 14 aromatic rings. The molecule has 0 radical (unpaired) electrons. The van der Waals surface area contributed by atoms with Crippen LogP contribution in [-0.2, 0) is 0 Å². The summed E-state index contributed by atoms with van der Waals surface area (Å²) >= 11 is 0. The third-order valence-electron chi connectivity index (χ3n) is 17.1. The Balaban J connectivity index is 0.810. The van der Waals surface area contributed by atoms with Gasteiger partial charge in [-0.2, -0.15) is 0 Å². The molecule has 2 unspecified atom stereocenters. The molecule has 2 atom stereocenters. The van der Waals surface area contributed by atoms with Gasteiger partial charge < -0.3 is 19.3 Å². The highest BCUT2D eigenvalue weighted by molar-refractivity contribution is 6.09. The normalized spacial score (nSPS) is 14.2. The first-order chi connectivity index (χ1) is 42.7. The lowest BCUT2D eigenvalue weighted by molar-refractivity contribution is 0.745. The first kappa shape index (κ1) is 50.4. The summed E-state index contributed by atoms with van der Waals surface area (Å²) in [5.74, 6) is 0.317. The molecule has 0 bridgehead atoms. The fourth-order valence-electron chi connectivity index (χ4n) is 13.1. The Kier molecular flexibility index (Phi) is 12.6. The Hall–Kier alpha value is -11.3. The highest BCUT2D eigenvalue weighted by atomic mass is 15.2. The van der Waals surface area contributed by atoms with E-state index in [2.05, 4.69) is 347 Å². The number of allylic oxidation sites excluding steroid dienone is 2. The van der Waals surface area contributed by atoms with E-state index in [1.54, 1.807) is 0 Å². The zero-order valence-corrected chi connectivity index (χ0v) is 47.0. The van der Waals surface area contributed by atoms with Crippen molar-refractivity contribution in [3.63, 3.8) is 0 Å². The van der Waals surface area contributed by atoms with Crippen LogP contribution in [-0.4, -0.2) is 20.6 Å². The van der Waals surface area contributed by atoms with Gasteiger partial charge in [-0.3, -0.25) is 0 Å². The molecule has 1 aliphatic heterocycles. The number of anilines is 8. The van der Waals surface area contributed by atoms with Crippen molar-refractivity contribution < 1.29 is 0 Å². The second kappa shape index (κ2) is 21.4. The molecule has 0 N–H and O–H groups in total. The number of hydrogen-bond donors (Lipinski definition) is 0. The highest BCUT2D eigenvalue weighted by Gasteiger charge is 2.37. The largest absolute Gasteiger partial charge is 0.333 e. The SMILES string of the molecule is C1=CC2c3ccccc3N(c3ccc(N(c4ccccc4)c4ccc(-c5nc6c(-c7ccccc7)ccc(-c7ccccc7)c6nc5-c5ccc(N(c6ccccc6)c6ccc(-n7c8ccccc8c8ccccc87)cc6)cc5)cc4)cc3)C2C=C1. The van der Waals surface area contributed by atoms with E-state index in [1.807, 2.05) is 0 Å². The molecule has 0 saturated carbocycles. The predicted molar refractivity (Wildman–Crippen MR) is 358 cm³/mol. The zero-order valence-electron chi connectivity index (χ0n) is 47.0. The van der Waals surface area contributed by atoms with Gasteiger partial charge in [0.2, 0.25) is 0 Å². The smallest absolute Gasteiger partial charge is 0.0979 e. The summed E-state index contributed by atoms with van der Waals surface area (Å²) in [6, 6.07) is 109. The Morgan fingerprint density at radius 2 is 0.686 bits per heavy atom. The quantitative estimate of drug-likeness (QED) is 0.122. The summed E-state index contributed by atoms with van der Waals surface area (Å²) in [5, 5.41) is 2.49. The molecule has 0 fully saturated rings. The summed E-state index contributed by atoms with van der Waals surface area (Å²) in [7, 11) is 0. The van der Waals surface area contributed by atoms with Gasteiger partial charge in [0.25, 0.3) is 0 Å². The maximum atomic E-state index is 5.79. The average molecular weight is 1100 g/mol. The van der Waals surface area contributed by atoms with Gasteiger partial charge in [0.15, 0.2) is 0 Å². The molecule has 6 nitrogen and oxygen atoms in total. The van der Waals surface area contributed by atoms with Crippen LogP contribution < -0.4 is 14.7 Å². The van der Waals surface area contributed by atoms with Crippen molar-refractivity contribution in [2.75, 3.05) is 14.7 Å². The Morgan fingerprint density at radius 1 is 0.302 bits per heavy atom. The van der Waals surface area contributed by atoms with E-state index in [-0.39, 0.29) is 6.04 Å². The van der Waals surface area contributed by atoms with Crippen molar-refractivity contribution in [1.29, 1.82) is 0 Å². The fraction of sp³-hybridized carbons (Fsp3) is 0.0250. The van der Waals surface area contributed by atoms with Gasteiger partial charge in [0, 0.05) is 90.1 Å². The molecule has 0 saturated heterocycles. The average Bonchev–Trinajstić information content (AvgIpc) is 1.99. The summed E-state index contributed by atoms with van der Waals surface area (Å²) in [5.41, 5.74) is 22.9. The molecular weight excluding hydrogens is 1040 g/mol. The topological polar surface area (TPSA) is 40.4 Å². The number of rotatable bonds is 12. The Labute approximate surface area is 500 Å². The summed E-state index contributed by atoms with van der Waals surface area (Å²) in [6.07, 6.45) is 9.02. The van der Waals surface area contributed by atoms with Crippen LogP contribution in [0.4, 0.5) is 45.5 Å². The number of hydrogen-bond acceptors (Lipinski definition) is 5. The summed E-state index contributed by atoms with van der Waals surface area (Å²) in [4.78, 5) is 18.7. The molecule has 6 heteroatoms. The minimum Gasteiger partial charge on any atom is -0.333 e. The zero-order chi connectivity index (χ0) is 56.9. The van der Waals surface area contributed by atoms with Crippen LogP contribution in [0.1, 0.15) is 11.5 Å². The summed E-state index contributed by atoms with van der Waals surface area (Å²) in [6.45, 7) is 0. The molecule has 2 aromatic heterocycles. The monoisotopic (exact) mass is 1100 g/mol. The van der Waals surface area contributed by atoms with E-state index >= 15 is 0 Å². The molecule has 0 spiro atoms. The third kappa shape index (κ3) is 8.82. The lowest BCUT2D eigenvalue weighted by Crippen LogP contribution is -2.28. The highest BCUT2D eigenvalue weighted by Crippen LogP contribution is 2.49. The molecule has 2 aliphatic rings. The van der Waals surface area contributed by atoms with Crippen LogP contribution >= 0.6 is 0 Å². The van der Waals surface area contributed by atoms with Crippen molar-refractivity contribution in [2.45, 2.75) is 12.0 Å². The maximum Gasteiger partial charge on any atom is 0.0979 e. The Bertz CT molecular complexity index is 4790. The standard InChI is InChI=1S/C80H56N6/c1-5-21-55(22-6-1)67-53-54-68(56-23-7-2-8-24-56)80-79(67)81-77(57-37-41-61(42-38-57)83(59-25-9-3-10-26-59)63-45-49-65(50-46-63)85-73-33-17-13-29-69(73)70-30-14-18-34-74(70)85)78(82-80)58-39-43-62(44-40-58)84(60-27-11-4-12-28-60)64-47-51-66(52-48-64)86-75-35-19-15-31-71(75)72-32-16-20-36-76(72)86/h1-54,69,73H. The molecule has 1 aliphatic carbocycles. The number of nitrogens with zero attached hydrogens (tertiary/aromatic N) is 6. The fourth-order valence-corrected chi connectivity index (χ4v) is 13.1. The predicted octanol–water partition coefficient (Wildman–Crippen LogP) is 21.1. The molecular formula is C80H56N6. The second-order valence-corrected chi connectivity index (χ2v) is 22.1. The number of aromatic nitrogens is 3. The van der Waals surface area contributed by atoms with E-state index in [4.69, 9.17) is 9.97 Å². The first-order valence-corrected chi connectivity index (χ1v) is 29.5. The van der Waals surface area contributed by atoms with Crippen LogP contribution in [0.5, 0.6) is 0 Å². The van der Waals surface area contributed by atoms with Crippen molar-refractivity contribution in [3.05, 3.63) is 333 Å². The lowest BCUT2D eigenvalue weighted by atomic mass is 9.91. The van der Waals surface area contributed by atoms with Crippen LogP contribution in [0.3, 0.4) is 0 Å². The van der Waals surface area contributed by atoms with Crippen LogP contribution in [0.2, 0.25) is 0 Å². The van der Waals surface area contributed by atoms with Crippen LogP contribution in [0.15, 0.2) is 328 Å². The summed E-state index contributed by atoms with van der Waals surface area (Å²) < 4.78 is 2.37. The molecule has 406 valence electrons. The number of fused-ring (bicyclic) bond motifs is 7. The minimum atomic E-state index is 0.225. The van der Waals surface area contributed by atoms with Crippen molar-refractivity contribution in [2.24, 2.45) is 0 Å². The van der Waals surface area contributed by atoms with E-state index < -0.39 is 0 Å². The van der Waals surface area contributed by atoms with E-state index in [0.717, 1.165) is 101 Å². The van der Waals surface area contributed by atoms with Gasteiger partial charge in [-0.1, -0.05) is 212 Å². The van der Waals surface area contributed by atoms with Gasteiger partial charge in [0.05, 0.1) is 39.5 Å². The maximum absolute atomic E-state index is 5.79. The van der Waals surface area contributed by atoms with E-state index in [9.17, 15) is 0 Å². The van der Waals surface area contributed by atoms with E-state index in [0.29, 0.717) is 5.92 Å². The second-order valence-electron chi connectivity index (χ2n) is 22.1. The molecule has 0 amide bonds. The van der Waals surface area contributed by atoms with Gasteiger partial charge in [-0.05, 0) is 132 Å². The van der Waals surface area contributed by atoms with Crippen molar-refractivity contribution >= 4 is 78.3 Å². The third-order valence-corrected chi connectivity index (χ3v) is 17.1. The van der Waals surface area contributed by atoms with Crippen molar-refractivity contribution in [3.8, 4) is 50.5 Å². The molecule has 3 heterocycles. The molecule has 12 aromatic carbocycles. The van der Waals surface area contributed by atoms with E-state index in [1.165, 1.54) is 33.1 Å². The number of benzene rings is 12. The lowest BCUT2D eigenvalue weighted by Gasteiger charge is -2.30. The first-order valence-electron chi connectivity index (χ1n) is 29.5. The van der Waals surface area contributed by atoms with Crippen molar-refractivity contribution in [1.82, 2.24) is 14.5 Å². The Morgan fingerprint density at radius 3 is 1.17 bits per heavy atom. The van der Waals surface area contributed by atoms with Gasteiger partial charge in [0.1, 0.15) is 0 Å².